The Hall–Kier alpha value is -2.60. The molecule has 0 saturated heterocycles. The molecule has 1 fully saturated rings. The number of H-pyrrole nitrogens is 1. The number of benzene rings is 1. The van der Waals surface area contributed by atoms with E-state index in [1.807, 2.05) is 0 Å². The van der Waals surface area contributed by atoms with Crippen molar-refractivity contribution in [2.75, 3.05) is 5.32 Å². The molecule has 3 rings (SSSR count). The molecule has 0 aliphatic heterocycles. The monoisotopic (exact) mass is 372 g/mol. The van der Waals surface area contributed by atoms with Crippen molar-refractivity contribution in [2.45, 2.75) is 38.1 Å². The molecular formula is C19H21ClN4O2. The van der Waals surface area contributed by atoms with Crippen LogP contribution in [0.4, 0.5) is 5.82 Å². The summed E-state index contributed by atoms with van der Waals surface area (Å²) < 4.78 is 0. The fourth-order valence-electron chi connectivity index (χ4n) is 2.92. The van der Waals surface area contributed by atoms with Crippen molar-refractivity contribution in [1.29, 1.82) is 0 Å². The van der Waals surface area contributed by atoms with Crippen LogP contribution < -0.4 is 16.2 Å². The lowest BCUT2D eigenvalue weighted by Gasteiger charge is -2.20. The fraction of sp³-hybridized carbons (Fsp3) is 0.316. The zero-order chi connectivity index (χ0) is 18.4. The van der Waals surface area contributed by atoms with Gasteiger partial charge in [0.2, 0.25) is 11.5 Å². The number of halogens is 1. The van der Waals surface area contributed by atoms with Crippen molar-refractivity contribution in [3.05, 3.63) is 63.4 Å². The second-order valence-corrected chi connectivity index (χ2v) is 6.72. The Morgan fingerprint density at radius 3 is 2.50 bits per heavy atom. The highest BCUT2D eigenvalue weighted by Crippen LogP contribution is 2.20. The Morgan fingerprint density at radius 2 is 1.81 bits per heavy atom. The van der Waals surface area contributed by atoms with Gasteiger partial charge in [-0.05, 0) is 43.2 Å². The number of carbonyl (C=O) groups excluding carboxylic acids is 1. The van der Waals surface area contributed by atoms with Crippen molar-refractivity contribution < 1.29 is 4.79 Å². The standard InChI is InChI=1S/C19H21ClN4O2/c20-14-11-9-13(10-12-14)18(26)24-19(21-15-5-2-1-3-6-15)23-16-7-4-8-17(25)22-16/h4,7-12,15H,1-3,5-6H2,(H3,21,22,23,24,25,26). The van der Waals surface area contributed by atoms with E-state index in [1.54, 1.807) is 36.4 Å². The van der Waals surface area contributed by atoms with E-state index in [0.29, 0.717) is 22.4 Å². The van der Waals surface area contributed by atoms with Gasteiger partial charge in [-0.15, -0.1) is 0 Å². The van der Waals surface area contributed by atoms with Gasteiger partial charge in [0.15, 0.2) is 0 Å². The number of hydrogen-bond acceptors (Lipinski definition) is 3. The summed E-state index contributed by atoms with van der Waals surface area (Å²) in [6, 6.07) is 11.6. The van der Waals surface area contributed by atoms with Crippen LogP contribution in [0, 0.1) is 0 Å². The predicted molar refractivity (Wildman–Crippen MR) is 104 cm³/mol. The molecule has 1 amide bonds. The van der Waals surface area contributed by atoms with Crippen LogP contribution >= 0.6 is 11.6 Å². The van der Waals surface area contributed by atoms with Gasteiger partial charge in [-0.25, -0.2) is 4.99 Å². The number of guanidine groups is 1. The van der Waals surface area contributed by atoms with Crippen molar-refractivity contribution in [3.63, 3.8) is 0 Å². The van der Waals surface area contributed by atoms with Gasteiger partial charge < -0.3 is 10.3 Å². The third kappa shape index (κ3) is 5.20. The normalized spacial score (nSPS) is 15.5. The molecule has 3 N–H and O–H groups in total. The number of aromatic nitrogens is 1. The van der Waals surface area contributed by atoms with Gasteiger partial charge in [0.25, 0.3) is 5.91 Å². The molecule has 26 heavy (non-hydrogen) atoms. The highest BCUT2D eigenvalue weighted by atomic mass is 35.5. The Labute approximate surface area is 156 Å². The summed E-state index contributed by atoms with van der Waals surface area (Å²) in [7, 11) is 0. The van der Waals surface area contributed by atoms with Crippen molar-refractivity contribution in [1.82, 2.24) is 10.3 Å². The lowest BCUT2D eigenvalue weighted by atomic mass is 9.96. The molecule has 7 heteroatoms. The molecule has 0 unspecified atom stereocenters. The van der Waals surface area contributed by atoms with Crippen LogP contribution in [0.5, 0.6) is 0 Å². The zero-order valence-electron chi connectivity index (χ0n) is 14.3. The van der Waals surface area contributed by atoms with Gasteiger partial charge in [-0.3, -0.25) is 14.9 Å². The van der Waals surface area contributed by atoms with Gasteiger partial charge in [0, 0.05) is 16.7 Å². The third-order valence-corrected chi connectivity index (χ3v) is 4.50. The maximum absolute atomic E-state index is 12.5. The van der Waals surface area contributed by atoms with E-state index in [4.69, 9.17) is 11.6 Å². The fourth-order valence-corrected chi connectivity index (χ4v) is 3.04. The first-order chi connectivity index (χ1) is 12.6. The van der Waals surface area contributed by atoms with Gasteiger partial charge in [0.1, 0.15) is 5.82 Å². The Morgan fingerprint density at radius 1 is 1.08 bits per heavy atom. The lowest BCUT2D eigenvalue weighted by Crippen LogP contribution is -2.37. The molecule has 0 atom stereocenters. The van der Waals surface area contributed by atoms with Gasteiger partial charge >= 0.3 is 0 Å². The maximum atomic E-state index is 12.5. The summed E-state index contributed by atoms with van der Waals surface area (Å²) in [5, 5.41) is 6.39. The van der Waals surface area contributed by atoms with Crippen LogP contribution in [0.15, 0.2) is 52.3 Å². The van der Waals surface area contributed by atoms with Crippen molar-refractivity contribution >= 4 is 29.3 Å². The summed E-state index contributed by atoms with van der Waals surface area (Å²) >= 11 is 5.87. The van der Waals surface area contributed by atoms with Gasteiger partial charge in [-0.2, -0.15) is 0 Å². The number of aromatic amines is 1. The highest BCUT2D eigenvalue weighted by Gasteiger charge is 2.15. The zero-order valence-corrected chi connectivity index (χ0v) is 15.1. The first-order valence-electron chi connectivity index (χ1n) is 8.71. The molecule has 0 radical (unpaired) electrons. The van der Waals surface area contributed by atoms with Crippen LogP contribution in [-0.4, -0.2) is 22.9 Å². The van der Waals surface area contributed by atoms with E-state index in [1.165, 1.54) is 12.5 Å². The minimum Gasteiger partial charge on any atom is -0.312 e. The number of nitrogens with one attached hydrogen (secondary N) is 3. The molecule has 1 aromatic heterocycles. The number of pyridine rings is 1. The second-order valence-electron chi connectivity index (χ2n) is 6.28. The smallest absolute Gasteiger partial charge is 0.257 e. The molecular weight excluding hydrogens is 352 g/mol. The van der Waals surface area contributed by atoms with E-state index in [9.17, 15) is 9.59 Å². The van der Waals surface area contributed by atoms with E-state index < -0.39 is 0 Å². The SMILES string of the molecule is O=C(NC(=NC1CCCCC1)Nc1cccc(=O)[nH]1)c1ccc(Cl)cc1. The minimum absolute atomic E-state index is 0.159. The Kier molecular flexibility index (Phi) is 6.07. The number of aliphatic imine (C=N–C) groups is 1. The molecule has 6 nitrogen and oxygen atoms in total. The van der Waals surface area contributed by atoms with Gasteiger partial charge in [-0.1, -0.05) is 36.9 Å². The summed E-state index contributed by atoms with van der Waals surface area (Å²) in [6.45, 7) is 0. The molecule has 1 aliphatic rings. The predicted octanol–water partition coefficient (Wildman–Crippen LogP) is 3.56. The van der Waals surface area contributed by atoms with Crippen molar-refractivity contribution in [3.8, 4) is 0 Å². The average Bonchev–Trinajstić information content (AvgIpc) is 2.63. The second kappa shape index (κ2) is 8.67. The number of nitrogens with zero attached hydrogens (tertiary/aromatic N) is 1. The molecule has 1 aromatic carbocycles. The molecule has 1 aliphatic carbocycles. The largest absolute Gasteiger partial charge is 0.312 e. The summed E-state index contributed by atoms with van der Waals surface area (Å²) in [4.78, 5) is 31.4. The van der Waals surface area contributed by atoms with E-state index in [-0.39, 0.29) is 17.5 Å². The first kappa shape index (κ1) is 18.2. The highest BCUT2D eigenvalue weighted by molar-refractivity contribution is 6.30. The Bertz CT molecular complexity index is 839. The number of carbonyl (C=O) groups is 1. The third-order valence-electron chi connectivity index (χ3n) is 4.25. The maximum Gasteiger partial charge on any atom is 0.257 e. The number of rotatable bonds is 3. The lowest BCUT2D eigenvalue weighted by molar-refractivity contribution is 0.0977. The number of hydrogen-bond donors (Lipinski definition) is 3. The molecule has 0 spiro atoms. The summed E-state index contributed by atoms with van der Waals surface area (Å²) in [5.41, 5.74) is 0.255. The first-order valence-corrected chi connectivity index (χ1v) is 9.09. The Balaban J connectivity index is 1.79. The molecule has 1 saturated carbocycles. The molecule has 0 bridgehead atoms. The molecule has 136 valence electrons. The van der Waals surface area contributed by atoms with Crippen LogP contribution in [0.25, 0.3) is 0 Å². The van der Waals surface area contributed by atoms with Crippen molar-refractivity contribution in [2.24, 2.45) is 4.99 Å². The number of anilines is 1. The minimum atomic E-state index is -0.290. The van der Waals surface area contributed by atoms with Crippen LogP contribution in [0.1, 0.15) is 42.5 Å². The van der Waals surface area contributed by atoms with E-state index in [0.717, 1.165) is 25.7 Å². The topological polar surface area (TPSA) is 86.3 Å². The average molecular weight is 373 g/mol. The summed E-state index contributed by atoms with van der Waals surface area (Å²) in [6.07, 6.45) is 5.47. The van der Waals surface area contributed by atoms with Crippen LogP contribution in [0.3, 0.4) is 0 Å². The molecule has 2 aromatic rings. The van der Waals surface area contributed by atoms with Crippen LogP contribution in [-0.2, 0) is 0 Å². The van der Waals surface area contributed by atoms with Crippen LogP contribution in [0.2, 0.25) is 5.02 Å². The van der Waals surface area contributed by atoms with E-state index >= 15 is 0 Å². The van der Waals surface area contributed by atoms with E-state index in [2.05, 4.69) is 20.6 Å². The quantitative estimate of drug-likeness (QED) is 0.568. The summed E-state index contributed by atoms with van der Waals surface area (Å²) in [5.74, 6) is 0.518. The van der Waals surface area contributed by atoms with Gasteiger partial charge in [0.05, 0.1) is 6.04 Å². The number of amides is 1. The molecule has 1 heterocycles.